The van der Waals surface area contributed by atoms with Crippen molar-refractivity contribution in [3.05, 3.63) is 29.3 Å². The topological polar surface area (TPSA) is 113 Å². The molecule has 1 N–H and O–H groups in total. The van der Waals surface area contributed by atoms with Crippen LogP contribution in [0.1, 0.15) is 11.1 Å². The van der Waals surface area contributed by atoms with Gasteiger partial charge in [0.2, 0.25) is 0 Å². The third kappa shape index (κ3) is 4.50. The zero-order valence-corrected chi connectivity index (χ0v) is 16.5. The van der Waals surface area contributed by atoms with Gasteiger partial charge in [-0.2, -0.15) is 4.99 Å². The van der Waals surface area contributed by atoms with Gasteiger partial charge in [0.15, 0.2) is 15.0 Å². The highest BCUT2D eigenvalue weighted by Crippen LogP contribution is 2.41. The van der Waals surface area contributed by atoms with Crippen LogP contribution in [-0.2, 0) is 24.2 Å². The van der Waals surface area contributed by atoms with Crippen molar-refractivity contribution in [1.29, 1.82) is 0 Å². The minimum absolute atomic E-state index is 0.0142. The molecule has 0 aliphatic carbocycles. The van der Waals surface area contributed by atoms with Crippen molar-refractivity contribution in [1.82, 2.24) is 0 Å². The third-order valence-electron chi connectivity index (χ3n) is 4.51. The minimum Gasteiger partial charge on any atom is -0.480 e. The number of thioether (sulfide) groups is 1. The summed E-state index contributed by atoms with van der Waals surface area (Å²) in [6.45, 7) is 2.94. The van der Waals surface area contributed by atoms with Crippen LogP contribution < -0.4 is 4.90 Å². The van der Waals surface area contributed by atoms with Crippen molar-refractivity contribution < 1.29 is 27.9 Å². The Bertz CT molecular complexity index is 912. The average Bonchev–Trinajstić information content (AvgIpc) is 3.00. The molecular formula is C17H20N2O6S2. The summed E-state index contributed by atoms with van der Waals surface area (Å²) in [6, 6.07) is 5.50. The highest BCUT2D eigenvalue weighted by atomic mass is 32.2. The highest BCUT2D eigenvalue weighted by molar-refractivity contribution is 8.16. The number of aryl methyl sites for hydroxylation is 2. The number of carbonyl (C=O) groups is 2. The van der Waals surface area contributed by atoms with E-state index >= 15 is 0 Å². The molecule has 8 nitrogen and oxygen atoms in total. The first-order chi connectivity index (χ1) is 12.7. The van der Waals surface area contributed by atoms with Gasteiger partial charge in [-0.25, -0.2) is 13.2 Å². The van der Waals surface area contributed by atoms with E-state index in [1.165, 1.54) is 11.8 Å². The Balaban J connectivity index is 1.88. The lowest BCUT2D eigenvalue weighted by Crippen LogP contribution is -2.37. The molecule has 1 aromatic rings. The zero-order chi connectivity index (χ0) is 19.8. The predicted octanol–water partition coefficient (Wildman–Crippen LogP) is 1.01. The Labute approximate surface area is 161 Å². The molecule has 146 valence electrons. The van der Waals surface area contributed by atoms with Crippen LogP contribution in [0.4, 0.5) is 5.69 Å². The second-order valence-electron chi connectivity index (χ2n) is 6.61. The van der Waals surface area contributed by atoms with E-state index in [-0.39, 0.29) is 22.8 Å². The maximum atomic E-state index is 12.1. The van der Waals surface area contributed by atoms with Crippen LogP contribution in [0.25, 0.3) is 0 Å². The molecule has 0 spiro atoms. The Morgan fingerprint density at radius 1 is 1.26 bits per heavy atom. The number of sulfone groups is 1. The molecule has 2 atom stereocenters. The fourth-order valence-corrected chi connectivity index (χ4v) is 7.04. The van der Waals surface area contributed by atoms with E-state index in [9.17, 15) is 18.0 Å². The molecule has 0 bridgehead atoms. The van der Waals surface area contributed by atoms with Gasteiger partial charge in [0.25, 0.3) is 5.91 Å². The van der Waals surface area contributed by atoms with Gasteiger partial charge >= 0.3 is 5.97 Å². The van der Waals surface area contributed by atoms with E-state index in [1.54, 1.807) is 4.90 Å². The summed E-state index contributed by atoms with van der Waals surface area (Å²) in [5.74, 6) is -1.70. The fourth-order valence-electron chi connectivity index (χ4n) is 3.11. The van der Waals surface area contributed by atoms with Crippen molar-refractivity contribution in [2.45, 2.75) is 25.1 Å². The van der Waals surface area contributed by atoms with E-state index in [0.29, 0.717) is 5.17 Å². The maximum absolute atomic E-state index is 12.1. The molecule has 1 amide bonds. The normalized spacial score (nSPS) is 25.0. The van der Waals surface area contributed by atoms with E-state index in [2.05, 4.69) is 4.99 Å². The molecular weight excluding hydrogens is 392 g/mol. The maximum Gasteiger partial charge on any atom is 0.329 e. The number of fused-ring (bicyclic) bond motifs is 1. The second-order valence-corrected chi connectivity index (χ2v) is 9.97. The van der Waals surface area contributed by atoms with Gasteiger partial charge in [-0.3, -0.25) is 4.79 Å². The van der Waals surface area contributed by atoms with E-state index < -0.39 is 34.9 Å². The van der Waals surface area contributed by atoms with Crippen molar-refractivity contribution in [2.24, 2.45) is 4.99 Å². The summed E-state index contributed by atoms with van der Waals surface area (Å²) < 4.78 is 28.9. The first-order valence-electron chi connectivity index (χ1n) is 8.31. The number of aliphatic imine (C=N–C) groups is 1. The Kier molecular flexibility index (Phi) is 5.59. The summed E-state index contributed by atoms with van der Waals surface area (Å²) in [6.07, 6.45) is 0. The van der Waals surface area contributed by atoms with Gasteiger partial charge in [-0.1, -0.05) is 17.8 Å². The zero-order valence-electron chi connectivity index (χ0n) is 14.9. The van der Waals surface area contributed by atoms with Gasteiger partial charge in [-0.15, -0.1) is 0 Å². The number of nitrogens with zero attached hydrogens (tertiary/aromatic N) is 2. The molecule has 0 radical (unpaired) electrons. The summed E-state index contributed by atoms with van der Waals surface area (Å²) in [5, 5.41) is 8.80. The van der Waals surface area contributed by atoms with Crippen LogP contribution in [0.3, 0.4) is 0 Å². The molecule has 0 saturated carbocycles. The molecule has 2 heterocycles. The fraction of sp³-hybridized carbons (Fsp3) is 0.471. The van der Waals surface area contributed by atoms with E-state index in [4.69, 9.17) is 9.84 Å². The van der Waals surface area contributed by atoms with Crippen LogP contribution >= 0.6 is 11.8 Å². The first-order valence-corrected chi connectivity index (χ1v) is 11.0. The number of aliphatic carboxylic acids is 1. The van der Waals surface area contributed by atoms with Crippen LogP contribution in [0.2, 0.25) is 0 Å². The number of hydrogen-bond acceptors (Lipinski definition) is 6. The Hall–Kier alpha value is -1.91. The second kappa shape index (κ2) is 7.61. The third-order valence-corrected chi connectivity index (χ3v) is 7.72. The van der Waals surface area contributed by atoms with Gasteiger partial charge in [0.05, 0.1) is 17.5 Å². The minimum atomic E-state index is -3.13. The van der Waals surface area contributed by atoms with Gasteiger partial charge in [-0.05, 0) is 37.1 Å². The summed E-state index contributed by atoms with van der Waals surface area (Å²) >= 11 is 1.27. The number of carboxylic acid groups (broad SMARTS) is 1. The number of carbonyl (C=O) groups excluding carboxylic acids is 1. The molecule has 2 aliphatic rings. The number of rotatable bonds is 5. The molecule has 2 fully saturated rings. The molecule has 3 rings (SSSR count). The van der Waals surface area contributed by atoms with Crippen molar-refractivity contribution in [3.63, 3.8) is 0 Å². The molecule has 2 saturated heterocycles. The largest absolute Gasteiger partial charge is 0.480 e. The van der Waals surface area contributed by atoms with Crippen molar-refractivity contribution >= 4 is 44.3 Å². The summed E-state index contributed by atoms with van der Waals surface area (Å²) in [5.41, 5.74) is 2.95. The number of amides is 1. The molecule has 10 heteroatoms. The van der Waals surface area contributed by atoms with E-state index in [1.807, 2.05) is 32.0 Å². The summed E-state index contributed by atoms with van der Waals surface area (Å²) in [4.78, 5) is 28.4. The van der Waals surface area contributed by atoms with Crippen LogP contribution in [-0.4, -0.2) is 66.6 Å². The monoisotopic (exact) mass is 412 g/mol. The Morgan fingerprint density at radius 2 is 2.00 bits per heavy atom. The number of carboxylic acids is 1. The number of amidine groups is 1. The quantitative estimate of drug-likeness (QED) is 0.762. The summed E-state index contributed by atoms with van der Waals surface area (Å²) in [7, 11) is -3.13. The highest BCUT2D eigenvalue weighted by Gasteiger charge is 2.49. The van der Waals surface area contributed by atoms with Crippen molar-refractivity contribution in [3.8, 4) is 0 Å². The number of benzene rings is 1. The first kappa shape index (κ1) is 19.8. The molecule has 0 aromatic heterocycles. The molecule has 27 heavy (non-hydrogen) atoms. The standard InChI is InChI=1S/C17H20N2O6S2/c1-10-3-4-12(5-11(10)2)19-13-8-27(23,24)9-14(13)26-17(19)18-15(20)6-25-7-16(21)22/h3-5,13-14H,6-9H2,1-2H3,(H,21,22)/t13-,14+/m1/s1. The lowest BCUT2D eigenvalue weighted by molar-refractivity contribution is -0.143. The van der Waals surface area contributed by atoms with Crippen LogP contribution in [0, 0.1) is 13.8 Å². The molecule has 1 aromatic carbocycles. The van der Waals surface area contributed by atoms with Crippen molar-refractivity contribution in [2.75, 3.05) is 29.6 Å². The predicted molar refractivity (Wildman–Crippen MR) is 103 cm³/mol. The van der Waals surface area contributed by atoms with Crippen LogP contribution in [0.5, 0.6) is 0 Å². The van der Waals surface area contributed by atoms with Gasteiger partial charge in [0.1, 0.15) is 13.2 Å². The number of ether oxygens (including phenoxy) is 1. The lowest BCUT2D eigenvalue weighted by atomic mass is 10.1. The Morgan fingerprint density at radius 3 is 2.67 bits per heavy atom. The van der Waals surface area contributed by atoms with Gasteiger partial charge in [0, 0.05) is 10.9 Å². The van der Waals surface area contributed by atoms with Crippen LogP contribution in [0.15, 0.2) is 23.2 Å². The smallest absolute Gasteiger partial charge is 0.329 e. The van der Waals surface area contributed by atoms with E-state index in [0.717, 1.165) is 16.8 Å². The number of hydrogen-bond donors (Lipinski definition) is 1. The SMILES string of the molecule is Cc1ccc(N2C(=NC(=O)COCC(=O)O)S[C@H]3CS(=O)(=O)C[C@H]32)cc1C. The number of anilines is 1. The molecule has 2 aliphatic heterocycles. The molecule has 0 unspecified atom stereocenters. The lowest BCUT2D eigenvalue weighted by Gasteiger charge is -2.25. The average molecular weight is 412 g/mol. The van der Waals surface area contributed by atoms with Gasteiger partial charge < -0.3 is 14.7 Å².